The predicted molar refractivity (Wildman–Crippen MR) is 104 cm³/mol. The van der Waals surface area contributed by atoms with E-state index in [2.05, 4.69) is 0 Å². The average molecular weight is 375 g/mol. The van der Waals surface area contributed by atoms with Crippen LogP contribution < -0.4 is 10.2 Å². The third kappa shape index (κ3) is 4.09. The minimum Gasteiger partial charge on any atom is -0.492 e. The number of rotatable bonds is 1. The normalized spacial score (nSPS) is 21.3. The first-order valence-electron chi connectivity index (χ1n) is 9.48. The van der Waals surface area contributed by atoms with Gasteiger partial charge >= 0.3 is 13.2 Å². The summed E-state index contributed by atoms with van der Waals surface area (Å²) in [6.07, 6.45) is -0.333. The molecule has 0 radical (unpaired) electrons. The lowest BCUT2D eigenvalue weighted by atomic mass is 9.77. The van der Waals surface area contributed by atoms with Crippen LogP contribution in [0.5, 0.6) is 5.75 Å². The van der Waals surface area contributed by atoms with Crippen LogP contribution in [0.4, 0.5) is 4.79 Å². The first kappa shape index (κ1) is 20.0. The molecule has 0 aliphatic carbocycles. The molecule has 1 fully saturated rings. The van der Waals surface area contributed by atoms with Gasteiger partial charge in [-0.1, -0.05) is 18.2 Å². The summed E-state index contributed by atoms with van der Waals surface area (Å²) in [7, 11) is -0.502. The summed E-state index contributed by atoms with van der Waals surface area (Å²) in [5.74, 6) is 0.738. The molecule has 0 saturated carbocycles. The summed E-state index contributed by atoms with van der Waals surface area (Å²) in [5, 5.41) is 0. The zero-order chi connectivity index (χ0) is 20.0. The highest BCUT2D eigenvalue weighted by atomic mass is 16.7. The highest BCUT2D eigenvalue weighted by Gasteiger charge is 2.52. The monoisotopic (exact) mass is 375 g/mol. The van der Waals surface area contributed by atoms with Gasteiger partial charge in [-0.2, -0.15) is 0 Å². The summed E-state index contributed by atoms with van der Waals surface area (Å²) < 4.78 is 23.9. The van der Waals surface area contributed by atoms with Crippen LogP contribution in [0.2, 0.25) is 0 Å². The third-order valence-corrected chi connectivity index (χ3v) is 5.25. The molecule has 148 valence electrons. The molecule has 1 amide bonds. The number of benzene rings is 1. The Balaban J connectivity index is 1.85. The van der Waals surface area contributed by atoms with Crippen molar-refractivity contribution < 1.29 is 23.6 Å². The van der Waals surface area contributed by atoms with Crippen molar-refractivity contribution in [1.29, 1.82) is 0 Å². The van der Waals surface area contributed by atoms with Crippen LogP contribution in [0.1, 0.15) is 54.0 Å². The lowest BCUT2D eigenvalue weighted by Gasteiger charge is -2.32. The van der Waals surface area contributed by atoms with E-state index in [-0.39, 0.29) is 6.09 Å². The lowest BCUT2D eigenvalue weighted by Crippen LogP contribution is -2.41. The average Bonchev–Trinajstić information content (AvgIpc) is 2.68. The number of para-hydroxylation sites is 1. The van der Waals surface area contributed by atoms with E-state index in [0.29, 0.717) is 19.7 Å². The smallest absolute Gasteiger partial charge is 0.492 e. The van der Waals surface area contributed by atoms with E-state index in [0.717, 1.165) is 16.8 Å². The SMILES string of the molecule is CC(C)(C)OC(=O)N1CCOc2c(cccc2B2OC(C)(C)C(C)(C)O2)C1. The van der Waals surface area contributed by atoms with Gasteiger partial charge in [0.2, 0.25) is 0 Å². The maximum Gasteiger partial charge on any atom is 0.498 e. The molecule has 1 saturated heterocycles. The van der Waals surface area contributed by atoms with E-state index in [1.165, 1.54) is 0 Å². The first-order valence-corrected chi connectivity index (χ1v) is 9.48. The van der Waals surface area contributed by atoms with Gasteiger partial charge in [-0.15, -0.1) is 0 Å². The van der Waals surface area contributed by atoms with Crippen molar-refractivity contribution in [3.63, 3.8) is 0 Å². The van der Waals surface area contributed by atoms with Crippen LogP contribution in [-0.2, 0) is 20.6 Å². The first-order chi connectivity index (χ1) is 12.4. The minimum absolute atomic E-state index is 0.333. The topological polar surface area (TPSA) is 57.2 Å². The number of carbonyl (C=O) groups is 1. The van der Waals surface area contributed by atoms with E-state index in [1.54, 1.807) is 4.90 Å². The molecule has 0 bridgehead atoms. The quantitative estimate of drug-likeness (QED) is 0.706. The lowest BCUT2D eigenvalue weighted by molar-refractivity contribution is 0.00578. The molecule has 0 N–H and O–H groups in total. The molecule has 0 atom stereocenters. The summed E-state index contributed by atoms with van der Waals surface area (Å²) in [5.41, 5.74) is 0.404. The Labute approximate surface area is 162 Å². The number of ether oxygens (including phenoxy) is 2. The molecule has 1 aromatic carbocycles. The van der Waals surface area contributed by atoms with Gasteiger partial charge in [-0.25, -0.2) is 4.79 Å². The van der Waals surface area contributed by atoms with Gasteiger partial charge in [0.15, 0.2) is 0 Å². The number of carbonyl (C=O) groups excluding carboxylic acids is 1. The number of nitrogens with zero attached hydrogens (tertiary/aromatic N) is 1. The second kappa shape index (κ2) is 6.71. The molecular weight excluding hydrogens is 345 g/mol. The fourth-order valence-corrected chi connectivity index (χ4v) is 3.09. The molecule has 0 unspecified atom stereocenters. The standard InChI is InChI=1S/C20H30BNO5/c1-18(2,3)25-17(23)22-11-12-24-16-14(13-22)9-8-10-15(16)21-26-19(4,5)20(6,7)27-21/h8-10H,11-13H2,1-7H3. The third-order valence-electron chi connectivity index (χ3n) is 5.25. The Morgan fingerprint density at radius 1 is 1.15 bits per heavy atom. The highest BCUT2D eigenvalue weighted by Crippen LogP contribution is 2.37. The highest BCUT2D eigenvalue weighted by molar-refractivity contribution is 6.63. The van der Waals surface area contributed by atoms with Crippen LogP contribution in [0.15, 0.2) is 18.2 Å². The minimum atomic E-state index is -0.530. The van der Waals surface area contributed by atoms with Crippen molar-refractivity contribution >= 4 is 18.7 Å². The van der Waals surface area contributed by atoms with Crippen LogP contribution >= 0.6 is 0 Å². The molecule has 1 aromatic rings. The molecule has 2 aliphatic heterocycles. The van der Waals surface area contributed by atoms with Crippen molar-refractivity contribution in [2.45, 2.75) is 71.8 Å². The predicted octanol–water partition coefficient (Wildman–Crippen LogP) is 3.12. The zero-order valence-electron chi connectivity index (χ0n) is 17.4. The Morgan fingerprint density at radius 2 is 1.78 bits per heavy atom. The van der Waals surface area contributed by atoms with Gasteiger partial charge in [0.05, 0.1) is 24.3 Å². The van der Waals surface area contributed by atoms with Crippen molar-refractivity contribution in [2.24, 2.45) is 0 Å². The molecule has 3 rings (SSSR count). The molecule has 0 aromatic heterocycles. The summed E-state index contributed by atoms with van der Waals surface area (Å²) in [6, 6.07) is 5.87. The van der Waals surface area contributed by atoms with Crippen molar-refractivity contribution in [3.8, 4) is 5.75 Å². The Morgan fingerprint density at radius 3 is 2.37 bits per heavy atom. The van der Waals surface area contributed by atoms with Gasteiger partial charge in [-0.05, 0) is 48.5 Å². The van der Waals surface area contributed by atoms with E-state index >= 15 is 0 Å². The summed E-state index contributed by atoms with van der Waals surface area (Å²) >= 11 is 0. The number of hydrogen-bond donors (Lipinski definition) is 0. The molecule has 2 aliphatic rings. The van der Waals surface area contributed by atoms with Gasteiger partial charge in [0, 0.05) is 11.0 Å². The van der Waals surface area contributed by atoms with Crippen molar-refractivity contribution in [3.05, 3.63) is 23.8 Å². The largest absolute Gasteiger partial charge is 0.498 e. The Kier molecular flexibility index (Phi) is 4.97. The maximum atomic E-state index is 12.5. The molecule has 2 heterocycles. The zero-order valence-corrected chi connectivity index (χ0v) is 17.4. The van der Waals surface area contributed by atoms with Gasteiger partial charge in [-0.3, -0.25) is 0 Å². The summed E-state index contributed by atoms with van der Waals surface area (Å²) in [4.78, 5) is 14.2. The second-order valence-corrected chi connectivity index (χ2v) is 9.17. The van der Waals surface area contributed by atoms with Crippen molar-refractivity contribution in [1.82, 2.24) is 4.90 Å². The van der Waals surface area contributed by atoms with Crippen LogP contribution in [0, 0.1) is 0 Å². The van der Waals surface area contributed by atoms with E-state index < -0.39 is 23.9 Å². The molecule has 7 heteroatoms. The molecular formula is C20H30BNO5. The molecule has 27 heavy (non-hydrogen) atoms. The van der Waals surface area contributed by atoms with Crippen molar-refractivity contribution in [2.75, 3.05) is 13.2 Å². The number of fused-ring (bicyclic) bond motifs is 1. The molecule has 0 spiro atoms. The Hall–Kier alpha value is -1.73. The molecule has 6 nitrogen and oxygen atoms in total. The van der Waals surface area contributed by atoms with Gasteiger partial charge in [0.25, 0.3) is 0 Å². The Bertz CT molecular complexity index is 710. The van der Waals surface area contributed by atoms with E-state index in [9.17, 15) is 4.79 Å². The van der Waals surface area contributed by atoms with E-state index in [4.69, 9.17) is 18.8 Å². The number of hydrogen-bond acceptors (Lipinski definition) is 5. The fraction of sp³-hybridized carbons (Fsp3) is 0.650. The van der Waals surface area contributed by atoms with Crippen LogP contribution in [-0.4, -0.2) is 48.1 Å². The second-order valence-electron chi connectivity index (χ2n) is 9.17. The number of amides is 1. The fourth-order valence-electron chi connectivity index (χ4n) is 3.09. The van der Waals surface area contributed by atoms with E-state index in [1.807, 2.05) is 66.7 Å². The summed E-state index contributed by atoms with van der Waals surface area (Å²) in [6.45, 7) is 15.0. The maximum absolute atomic E-state index is 12.5. The van der Waals surface area contributed by atoms with Gasteiger partial charge in [0.1, 0.15) is 18.0 Å². The van der Waals surface area contributed by atoms with Crippen LogP contribution in [0.3, 0.4) is 0 Å². The van der Waals surface area contributed by atoms with Crippen LogP contribution in [0.25, 0.3) is 0 Å². The van der Waals surface area contributed by atoms with Gasteiger partial charge < -0.3 is 23.7 Å².